The Balaban J connectivity index is 2.26. The minimum atomic E-state index is 0.653. The molecule has 2 aromatic rings. The predicted octanol–water partition coefficient (Wildman–Crippen LogP) is 4.57. The van der Waals surface area contributed by atoms with Crippen molar-refractivity contribution in [2.45, 2.75) is 13.3 Å². The molecule has 2 rings (SSSR count). The summed E-state index contributed by atoms with van der Waals surface area (Å²) in [4.78, 5) is 0. The SMILES string of the molecule is CCCOc1cc(N)cc(Nc2cc(Br)ccc2OC)c1. The second kappa shape index (κ2) is 7.22. The summed E-state index contributed by atoms with van der Waals surface area (Å²) in [5.41, 5.74) is 8.30. The number of nitrogens with one attached hydrogen (secondary N) is 1. The molecule has 0 bridgehead atoms. The molecule has 0 radical (unpaired) electrons. The van der Waals surface area contributed by atoms with Crippen LogP contribution in [-0.2, 0) is 0 Å². The van der Waals surface area contributed by atoms with Crippen molar-refractivity contribution in [3.8, 4) is 11.5 Å². The Hall–Kier alpha value is -1.88. The van der Waals surface area contributed by atoms with Gasteiger partial charge in [-0.05, 0) is 30.7 Å². The minimum Gasteiger partial charge on any atom is -0.495 e. The average molecular weight is 351 g/mol. The number of hydrogen-bond acceptors (Lipinski definition) is 4. The van der Waals surface area contributed by atoms with Crippen molar-refractivity contribution in [1.29, 1.82) is 0 Å². The fraction of sp³-hybridized carbons (Fsp3) is 0.250. The molecule has 0 fully saturated rings. The lowest BCUT2D eigenvalue weighted by molar-refractivity contribution is 0.318. The summed E-state index contributed by atoms with van der Waals surface area (Å²) in [6, 6.07) is 11.4. The van der Waals surface area contributed by atoms with Gasteiger partial charge in [0.1, 0.15) is 11.5 Å². The summed E-state index contributed by atoms with van der Waals surface area (Å²) >= 11 is 3.46. The molecule has 0 aromatic heterocycles. The topological polar surface area (TPSA) is 56.5 Å². The molecule has 0 aliphatic carbocycles. The first-order chi connectivity index (χ1) is 10.1. The van der Waals surface area contributed by atoms with Crippen LogP contribution in [0.3, 0.4) is 0 Å². The molecule has 0 atom stereocenters. The van der Waals surface area contributed by atoms with Crippen LogP contribution in [0, 0.1) is 0 Å². The van der Waals surface area contributed by atoms with Gasteiger partial charge in [0.05, 0.1) is 19.4 Å². The zero-order valence-electron chi connectivity index (χ0n) is 12.2. The zero-order chi connectivity index (χ0) is 15.2. The smallest absolute Gasteiger partial charge is 0.142 e. The normalized spacial score (nSPS) is 10.2. The Bertz CT molecular complexity index is 617. The highest BCUT2D eigenvalue weighted by Gasteiger charge is 2.06. The number of hydrogen-bond donors (Lipinski definition) is 2. The molecule has 2 aromatic carbocycles. The van der Waals surface area contributed by atoms with E-state index in [9.17, 15) is 0 Å². The molecule has 0 heterocycles. The first-order valence-electron chi connectivity index (χ1n) is 6.76. The van der Waals surface area contributed by atoms with Crippen LogP contribution < -0.4 is 20.5 Å². The largest absolute Gasteiger partial charge is 0.495 e. The van der Waals surface area contributed by atoms with E-state index in [0.717, 1.165) is 33.8 Å². The van der Waals surface area contributed by atoms with Crippen molar-refractivity contribution in [3.63, 3.8) is 0 Å². The third-order valence-electron chi connectivity index (χ3n) is 2.84. The highest BCUT2D eigenvalue weighted by molar-refractivity contribution is 9.10. The van der Waals surface area contributed by atoms with Crippen molar-refractivity contribution >= 4 is 33.0 Å². The van der Waals surface area contributed by atoms with Crippen LogP contribution in [0.5, 0.6) is 11.5 Å². The lowest BCUT2D eigenvalue weighted by Gasteiger charge is -2.14. The molecule has 5 heteroatoms. The predicted molar refractivity (Wildman–Crippen MR) is 90.6 cm³/mol. The Morgan fingerprint density at radius 2 is 2.00 bits per heavy atom. The number of benzene rings is 2. The molecule has 4 nitrogen and oxygen atoms in total. The molecule has 21 heavy (non-hydrogen) atoms. The number of anilines is 3. The molecule has 112 valence electrons. The third-order valence-corrected chi connectivity index (χ3v) is 3.34. The quantitative estimate of drug-likeness (QED) is 0.749. The number of rotatable bonds is 6. The molecule has 0 saturated heterocycles. The summed E-state index contributed by atoms with van der Waals surface area (Å²) in [6.07, 6.45) is 0.955. The van der Waals surface area contributed by atoms with Gasteiger partial charge in [0, 0.05) is 28.0 Å². The molecule has 0 saturated carbocycles. The van der Waals surface area contributed by atoms with Gasteiger partial charge in [-0.25, -0.2) is 0 Å². The molecule has 3 N–H and O–H groups in total. The van der Waals surface area contributed by atoms with Gasteiger partial charge < -0.3 is 20.5 Å². The summed E-state index contributed by atoms with van der Waals surface area (Å²) in [5.74, 6) is 1.52. The molecule has 0 aliphatic rings. The molecule has 0 unspecified atom stereocenters. The molecular weight excluding hydrogens is 332 g/mol. The maximum absolute atomic E-state index is 5.92. The van der Waals surface area contributed by atoms with Crippen molar-refractivity contribution in [2.75, 3.05) is 24.8 Å². The van der Waals surface area contributed by atoms with Crippen LogP contribution >= 0.6 is 15.9 Å². The van der Waals surface area contributed by atoms with E-state index < -0.39 is 0 Å². The molecular formula is C16H19BrN2O2. The van der Waals surface area contributed by atoms with E-state index in [-0.39, 0.29) is 0 Å². The maximum Gasteiger partial charge on any atom is 0.142 e. The van der Waals surface area contributed by atoms with Crippen LogP contribution in [0.15, 0.2) is 40.9 Å². The first kappa shape index (κ1) is 15.5. The van der Waals surface area contributed by atoms with Crippen LogP contribution in [0.2, 0.25) is 0 Å². The minimum absolute atomic E-state index is 0.653. The summed E-state index contributed by atoms with van der Waals surface area (Å²) in [6.45, 7) is 2.74. The fourth-order valence-corrected chi connectivity index (χ4v) is 2.29. The van der Waals surface area contributed by atoms with E-state index in [0.29, 0.717) is 12.3 Å². The van der Waals surface area contributed by atoms with Gasteiger partial charge in [0.15, 0.2) is 0 Å². The summed E-state index contributed by atoms with van der Waals surface area (Å²) in [7, 11) is 1.64. The van der Waals surface area contributed by atoms with E-state index in [1.54, 1.807) is 7.11 Å². The van der Waals surface area contributed by atoms with Gasteiger partial charge in [0.25, 0.3) is 0 Å². The van der Waals surface area contributed by atoms with Gasteiger partial charge in [-0.2, -0.15) is 0 Å². The van der Waals surface area contributed by atoms with Crippen LogP contribution in [0.4, 0.5) is 17.1 Å². The number of nitrogens with two attached hydrogens (primary N) is 1. The monoisotopic (exact) mass is 350 g/mol. The summed E-state index contributed by atoms with van der Waals surface area (Å²) < 4.78 is 12.0. The third kappa shape index (κ3) is 4.29. The van der Waals surface area contributed by atoms with Crippen LogP contribution in [-0.4, -0.2) is 13.7 Å². The lowest BCUT2D eigenvalue weighted by Crippen LogP contribution is -1.99. The Morgan fingerprint density at radius 1 is 1.19 bits per heavy atom. The Labute approximate surface area is 133 Å². The Morgan fingerprint density at radius 3 is 2.71 bits per heavy atom. The van der Waals surface area contributed by atoms with Crippen LogP contribution in [0.25, 0.3) is 0 Å². The first-order valence-corrected chi connectivity index (χ1v) is 7.55. The fourth-order valence-electron chi connectivity index (χ4n) is 1.93. The summed E-state index contributed by atoms with van der Waals surface area (Å²) in [5, 5.41) is 3.31. The van der Waals surface area contributed by atoms with E-state index in [1.807, 2.05) is 36.4 Å². The van der Waals surface area contributed by atoms with E-state index in [1.165, 1.54) is 0 Å². The van der Waals surface area contributed by atoms with Crippen molar-refractivity contribution in [2.24, 2.45) is 0 Å². The van der Waals surface area contributed by atoms with E-state index >= 15 is 0 Å². The van der Waals surface area contributed by atoms with Gasteiger partial charge in [-0.1, -0.05) is 22.9 Å². The Kier molecular flexibility index (Phi) is 5.33. The number of ether oxygens (including phenoxy) is 2. The van der Waals surface area contributed by atoms with Gasteiger partial charge >= 0.3 is 0 Å². The highest BCUT2D eigenvalue weighted by atomic mass is 79.9. The zero-order valence-corrected chi connectivity index (χ0v) is 13.7. The molecule has 0 spiro atoms. The van der Waals surface area contributed by atoms with E-state index in [4.69, 9.17) is 15.2 Å². The number of nitrogen functional groups attached to an aromatic ring is 1. The van der Waals surface area contributed by atoms with Gasteiger partial charge in [-0.3, -0.25) is 0 Å². The molecule has 0 amide bonds. The lowest BCUT2D eigenvalue weighted by atomic mass is 10.2. The number of methoxy groups -OCH3 is 1. The average Bonchev–Trinajstić information content (AvgIpc) is 2.45. The second-order valence-electron chi connectivity index (χ2n) is 4.61. The van der Waals surface area contributed by atoms with Crippen molar-refractivity contribution in [3.05, 3.63) is 40.9 Å². The van der Waals surface area contributed by atoms with Gasteiger partial charge in [0.2, 0.25) is 0 Å². The highest BCUT2D eigenvalue weighted by Crippen LogP contribution is 2.32. The van der Waals surface area contributed by atoms with Gasteiger partial charge in [-0.15, -0.1) is 0 Å². The number of halogens is 1. The second-order valence-corrected chi connectivity index (χ2v) is 5.52. The standard InChI is InChI=1S/C16H19BrN2O2/c1-3-6-21-14-9-12(18)8-13(10-14)19-15-7-11(17)4-5-16(15)20-2/h4-5,7-10,19H,3,6,18H2,1-2H3. The van der Waals surface area contributed by atoms with E-state index in [2.05, 4.69) is 28.2 Å². The van der Waals surface area contributed by atoms with Crippen LogP contribution in [0.1, 0.15) is 13.3 Å². The van der Waals surface area contributed by atoms with Crippen molar-refractivity contribution < 1.29 is 9.47 Å². The maximum atomic E-state index is 5.92. The van der Waals surface area contributed by atoms with Crippen molar-refractivity contribution in [1.82, 2.24) is 0 Å². The molecule has 0 aliphatic heterocycles.